The quantitative estimate of drug-likeness (QED) is 0.165. The maximum absolute atomic E-state index is 7.14. The third-order valence-electron chi connectivity index (χ3n) is 16.4. The molecule has 0 N–H and O–H groups in total. The molecule has 71 heavy (non-hydrogen) atoms. The van der Waals surface area contributed by atoms with Crippen molar-refractivity contribution >= 4 is 78.9 Å². The maximum atomic E-state index is 7.14. The Morgan fingerprint density at radius 3 is 1.93 bits per heavy atom. The lowest BCUT2D eigenvalue weighted by Gasteiger charge is -2.48. The fourth-order valence-electron chi connectivity index (χ4n) is 12.5. The van der Waals surface area contributed by atoms with Gasteiger partial charge in [-0.05, 0) is 146 Å². The summed E-state index contributed by atoms with van der Waals surface area (Å²) < 4.78 is 20.9. The first-order valence-corrected chi connectivity index (χ1v) is 25.3. The van der Waals surface area contributed by atoms with Crippen molar-refractivity contribution in [2.45, 2.75) is 84.5 Å². The highest BCUT2D eigenvalue weighted by Gasteiger charge is 2.49. The highest BCUT2D eigenvalue weighted by Crippen LogP contribution is 2.57. The largest absolute Gasteiger partial charge is 0.455 e. The van der Waals surface area contributed by atoms with Crippen molar-refractivity contribution in [3.8, 4) is 45.3 Å². The molecule has 0 unspecified atom stereocenters. The van der Waals surface area contributed by atoms with Crippen LogP contribution in [0.15, 0.2) is 168 Å². The van der Waals surface area contributed by atoms with Crippen LogP contribution in [0.2, 0.25) is 0 Å². The van der Waals surface area contributed by atoms with E-state index in [1.807, 2.05) is 24.3 Å². The van der Waals surface area contributed by atoms with Gasteiger partial charge in [-0.2, -0.15) is 0 Å². The van der Waals surface area contributed by atoms with Crippen LogP contribution in [0.1, 0.15) is 83.6 Å². The lowest BCUT2D eigenvalue weighted by atomic mass is 9.43. The van der Waals surface area contributed by atoms with Crippen LogP contribution in [-0.4, -0.2) is 6.85 Å². The Bertz CT molecular complexity index is 3910. The Morgan fingerprint density at radius 1 is 0.535 bits per heavy atom. The van der Waals surface area contributed by atoms with Gasteiger partial charge in [0.15, 0.2) is 23.0 Å². The minimum atomic E-state index is -0.312. The summed E-state index contributed by atoms with van der Waals surface area (Å²) in [5, 5.41) is 4.57. The topological polar surface area (TPSA) is 38.1 Å². The molecule has 0 fully saturated rings. The lowest BCUT2D eigenvalue weighted by Crippen LogP contribution is -2.61. The van der Waals surface area contributed by atoms with Gasteiger partial charge in [0.1, 0.15) is 11.2 Å². The highest BCUT2D eigenvalue weighted by molar-refractivity contribution is 6.94. The molecule has 346 valence electrons. The molecule has 5 nitrogen and oxygen atoms in total. The van der Waals surface area contributed by atoms with E-state index in [1.54, 1.807) is 0 Å². The number of rotatable bonds is 3. The molecule has 4 aliphatic rings. The van der Waals surface area contributed by atoms with Crippen LogP contribution in [-0.2, 0) is 16.2 Å². The third-order valence-corrected chi connectivity index (χ3v) is 16.4. The van der Waals surface area contributed by atoms with Crippen LogP contribution in [0.5, 0.6) is 23.0 Å². The van der Waals surface area contributed by atoms with Crippen LogP contribution in [0, 0.1) is 6.92 Å². The third kappa shape index (κ3) is 6.13. The average Bonchev–Trinajstić information content (AvgIpc) is 3.76. The van der Waals surface area contributed by atoms with Gasteiger partial charge in [0.2, 0.25) is 0 Å². The lowest BCUT2D eigenvalue weighted by molar-refractivity contribution is 0.332. The summed E-state index contributed by atoms with van der Waals surface area (Å²) in [6, 6.07) is 60.2. The molecule has 0 amide bonds. The maximum Gasteiger partial charge on any atom is 0.333 e. The molecule has 14 rings (SSSR count). The van der Waals surface area contributed by atoms with E-state index in [0.29, 0.717) is 23.0 Å². The zero-order valence-corrected chi connectivity index (χ0v) is 41.7. The first kappa shape index (κ1) is 42.2. The summed E-state index contributed by atoms with van der Waals surface area (Å²) in [5.74, 6) is 2.80. The number of fused-ring (bicyclic) bond motifs is 13. The average molecular weight is 923 g/mol. The predicted octanol–water partition coefficient (Wildman–Crippen LogP) is 17.0. The standard InChI is InChI=1S/C65H55BN2O3/c1-38-32-47-48(65(7,8)31-30-64(47,5)6)35-52(38)67-53-37-58-57(69-55-24-16-17-25-56(55)70-58)36-49(53)66-60-46(33-40-20-12-13-21-42(40)61(60)67)59-51(29-27-44-43-22-14-15-23-54(43)71-62(44)59)68(66)50-28-26-41(63(2,3)4)34-45(50)39-18-10-9-11-19-39/h9-29,32-37H,30-31H2,1-8H3. The van der Waals surface area contributed by atoms with Crippen LogP contribution in [0.25, 0.3) is 55.0 Å². The Balaban J connectivity index is 1.16. The van der Waals surface area contributed by atoms with E-state index in [1.165, 1.54) is 61.0 Å². The van der Waals surface area contributed by atoms with Gasteiger partial charge in [0, 0.05) is 56.1 Å². The van der Waals surface area contributed by atoms with Gasteiger partial charge < -0.3 is 23.6 Å². The Morgan fingerprint density at radius 2 is 1.18 bits per heavy atom. The van der Waals surface area contributed by atoms with Gasteiger partial charge in [-0.3, -0.25) is 0 Å². The Labute approximate surface area is 416 Å². The normalized spacial score (nSPS) is 15.9. The monoisotopic (exact) mass is 922 g/mol. The number of hydrogen-bond donors (Lipinski definition) is 0. The van der Waals surface area contributed by atoms with Gasteiger partial charge >= 0.3 is 6.85 Å². The molecule has 0 bridgehead atoms. The van der Waals surface area contributed by atoms with E-state index in [9.17, 15) is 0 Å². The van der Waals surface area contributed by atoms with Crippen LogP contribution in [0.4, 0.5) is 28.4 Å². The molecule has 6 heteroatoms. The molecule has 1 aliphatic carbocycles. The molecule has 0 spiro atoms. The Hall–Kier alpha value is -7.70. The summed E-state index contributed by atoms with van der Waals surface area (Å²) in [4.78, 5) is 5.22. The molecule has 10 aromatic rings. The first-order chi connectivity index (χ1) is 34.2. The number of aryl methyl sites for hydroxylation is 1. The van der Waals surface area contributed by atoms with Crippen LogP contribution >= 0.6 is 0 Å². The van der Waals surface area contributed by atoms with E-state index in [2.05, 4.69) is 205 Å². The predicted molar refractivity (Wildman–Crippen MR) is 296 cm³/mol. The number of ether oxygens (including phenoxy) is 2. The van der Waals surface area contributed by atoms with Crippen LogP contribution in [0.3, 0.4) is 0 Å². The summed E-state index contributed by atoms with van der Waals surface area (Å²) in [7, 11) is 0. The van der Waals surface area contributed by atoms with Crippen molar-refractivity contribution in [3.05, 3.63) is 186 Å². The molecule has 3 aliphatic heterocycles. The van der Waals surface area contributed by atoms with Crippen molar-refractivity contribution in [2.24, 2.45) is 0 Å². The zero-order valence-electron chi connectivity index (χ0n) is 41.7. The van der Waals surface area contributed by atoms with E-state index >= 15 is 0 Å². The summed E-state index contributed by atoms with van der Waals surface area (Å²) in [5.41, 5.74) is 19.7. The number of nitrogens with zero attached hydrogens (tertiary/aromatic N) is 2. The Kier molecular flexibility index (Phi) is 8.73. The van der Waals surface area contributed by atoms with Gasteiger partial charge in [0.25, 0.3) is 0 Å². The number of anilines is 5. The number of hydrogen-bond acceptors (Lipinski definition) is 5. The number of para-hydroxylation sites is 3. The molecular formula is C65H55BN2O3. The van der Waals surface area contributed by atoms with E-state index in [4.69, 9.17) is 13.9 Å². The SMILES string of the molecule is Cc1cc2c(cc1N1c3cc4c(cc3B3c5c(cc6ccccc6c51)-c1c(ccc5c1oc1ccccc15)N3c1ccc(C(C)(C)C)cc1-c1ccccc1)Oc1ccccc1O4)C(C)(C)CCC2(C)C. The first-order valence-electron chi connectivity index (χ1n) is 25.3. The van der Waals surface area contributed by atoms with Gasteiger partial charge in [-0.25, -0.2) is 0 Å². The molecule has 0 atom stereocenters. The zero-order chi connectivity index (χ0) is 48.3. The van der Waals surface area contributed by atoms with Crippen molar-refractivity contribution in [2.75, 3.05) is 9.71 Å². The van der Waals surface area contributed by atoms with Gasteiger partial charge in [-0.15, -0.1) is 0 Å². The second-order valence-corrected chi connectivity index (χ2v) is 22.8. The minimum absolute atomic E-state index is 0.0150. The van der Waals surface area contributed by atoms with Crippen molar-refractivity contribution in [1.82, 2.24) is 0 Å². The molecular weight excluding hydrogens is 868 g/mol. The molecule has 9 aromatic carbocycles. The van der Waals surface area contributed by atoms with Crippen molar-refractivity contribution in [3.63, 3.8) is 0 Å². The fraction of sp³-hybridized carbons (Fsp3) is 0.200. The highest BCUT2D eigenvalue weighted by atomic mass is 16.6. The van der Waals surface area contributed by atoms with E-state index < -0.39 is 0 Å². The molecule has 0 radical (unpaired) electrons. The van der Waals surface area contributed by atoms with Crippen molar-refractivity contribution in [1.29, 1.82) is 0 Å². The fourth-order valence-corrected chi connectivity index (χ4v) is 12.5. The summed E-state index contributed by atoms with van der Waals surface area (Å²) in [6.07, 6.45) is 2.27. The summed E-state index contributed by atoms with van der Waals surface area (Å²) >= 11 is 0. The second kappa shape index (κ2) is 14.7. The summed E-state index contributed by atoms with van der Waals surface area (Å²) in [6.45, 7) is 18.6. The molecule has 0 saturated carbocycles. The molecule has 0 saturated heterocycles. The second-order valence-electron chi connectivity index (χ2n) is 22.8. The minimum Gasteiger partial charge on any atom is -0.455 e. The number of benzene rings is 9. The smallest absolute Gasteiger partial charge is 0.333 e. The molecule has 1 aromatic heterocycles. The van der Waals surface area contributed by atoms with E-state index in [-0.39, 0.29) is 23.1 Å². The van der Waals surface area contributed by atoms with Crippen molar-refractivity contribution < 1.29 is 13.9 Å². The van der Waals surface area contributed by atoms with Gasteiger partial charge in [0.05, 0.1) is 5.69 Å². The van der Waals surface area contributed by atoms with Gasteiger partial charge in [-0.1, -0.05) is 146 Å². The van der Waals surface area contributed by atoms with Crippen LogP contribution < -0.4 is 30.1 Å². The van der Waals surface area contributed by atoms with E-state index in [0.717, 1.165) is 68.4 Å². The number of furan rings is 1. The molecule has 4 heterocycles.